The van der Waals surface area contributed by atoms with Crippen LogP contribution in [0.2, 0.25) is 0 Å². The van der Waals surface area contributed by atoms with Gasteiger partial charge in [-0.2, -0.15) is 39.5 Å². The van der Waals surface area contributed by atoms with Gasteiger partial charge in [0, 0.05) is 0 Å². The quantitative estimate of drug-likeness (QED) is 0.668. The third-order valence-electron chi connectivity index (χ3n) is 1.79. The molecule has 13 heteroatoms. The van der Waals surface area contributed by atoms with E-state index < -0.39 is 43.3 Å². The van der Waals surface area contributed by atoms with Gasteiger partial charge in [-0.1, -0.05) is 0 Å². The van der Waals surface area contributed by atoms with Crippen molar-refractivity contribution >= 4 is 0 Å². The molecular weight excluding hydrogens is 328 g/mol. The zero-order valence-electron chi connectivity index (χ0n) is 8.81. The summed E-state index contributed by atoms with van der Waals surface area (Å²) in [6.07, 6.45) is -22.3. The normalized spacial score (nSPS) is 16.6. The number of halogens is 12. The van der Waals surface area contributed by atoms with E-state index >= 15 is 0 Å². The molecule has 0 N–H and O–H groups in total. The summed E-state index contributed by atoms with van der Waals surface area (Å²) in [4.78, 5) is 0. The summed E-state index contributed by atoms with van der Waals surface area (Å²) in [5.41, 5.74) is 0. The van der Waals surface area contributed by atoms with Gasteiger partial charge in [0.15, 0.2) is 0 Å². The zero-order chi connectivity index (χ0) is 16.6. The molecule has 0 amide bonds. The Bertz CT molecular complexity index is 320. The van der Waals surface area contributed by atoms with Crippen LogP contribution >= 0.6 is 0 Å². The number of alkyl halides is 12. The highest BCUT2D eigenvalue weighted by Crippen LogP contribution is 2.42. The maximum absolute atomic E-state index is 12.5. The van der Waals surface area contributed by atoms with Crippen molar-refractivity contribution in [2.75, 3.05) is 6.61 Å². The van der Waals surface area contributed by atoms with Gasteiger partial charge in [0.1, 0.15) is 6.61 Å². The van der Waals surface area contributed by atoms with Crippen molar-refractivity contribution in [1.29, 1.82) is 0 Å². The first-order valence-electron chi connectivity index (χ1n) is 4.32. The average Bonchev–Trinajstić information content (AvgIpc) is 2.24. The van der Waals surface area contributed by atoms with Crippen LogP contribution in [0.3, 0.4) is 0 Å². The number of ether oxygens (including phenoxy) is 1. The molecule has 0 bridgehead atoms. The Morgan fingerprint density at radius 1 is 0.750 bits per heavy atom. The Labute approximate surface area is 102 Å². The second-order valence-corrected chi connectivity index (χ2v) is 3.38. The van der Waals surface area contributed by atoms with Crippen molar-refractivity contribution in [1.82, 2.24) is 0 Å². The lowest BCUT2D eigenvalue weighted by molar-refractivity contribution is -0.363. The highest BCUT2D eigenvalue weighted by Gasteiger charge is 2.65. The van der Waals surface area contributed by atoms with Crippen molar-refractivity contribution in [2.45, 2.75) is 36.7 Å². The number of rotatable bonds is 6. The van der Waals surface area contributed by atoms with Crippen LogP contribution in [-0.2, 0) is 4.74 Å². The summed E-state index contributed by atoms with van der Waals surface area (Å²) in [5, 5.41) is 0. The molecule has 0 aromatic rings. The molecule has 1 unspecified atom stereocenters. The largest absolute Gasteiger partial charge is 0.428 e. The number of hydrogen-bond acceptors (Lipinski definition) is 1. The smallest absolute Gasteiger partial charge is 0.311 e. The molecule has 0 aromatic heterocycles. The molecule has 122 valence electrons. The fourth-order valence-corrected chi connectivity index (χ4v) is 0.706. The summed E-state index contributed by atoms with van der Waals surface area (Å²) in [5.74, 6) is -12.1. The lowest BCUT2D eigenvalue weighted by Gasteiger charge is -2.28. The van der Waals surface area contributed by atoms with E-state index in [1.807, 2.05) is 0 Å². The summed E-state index contributed by atoms with van der Waals surface area (Å²) >= 11 is 0. The molecule has 0 aliphatic carbocycles. The molecule has 1 atom stereocenters. The molecule has 1 nitrogen and oxygen atoms in total. The van der Waals surface area contributed by atoms with E-state index in [4.69, 9.17) is 0 Å². The van der Waals surface area contributed by atoms with E-state index in [1.165, 1.54) is 0 Å². The predicted octanol–water partition coefficient (Wildman–Crippen LogP) is 4.03. The maximum Gasteiger partial charge on any atom is 0.428 e. The Morgan fingerprint density at radius 3 is 1.45 bits per heavy atom. The van der Waals surface area contributed by atoms with Crippen LogP contribution in [0, 0.1) is 0 Å². The molecule has 0 radical (unpaired) electrons. The lowest BCUT2D eigenvalue weighted by Crippen LogP contribution is -2.52. The van der Waals surface area contributed by atoms with Gasteiger partial charge < -0.3 is 4.74 Å². The molecular formula is C7H4F12O. The first-order valence-corrected chi connectivity index (χ1v) is 4.32. The van der Waals surface area contributed by atoms with Gasteiger partial charge >= 0.3 is 30.6 Å². The molecule has 0 spiro atoms. The van der Waals surface area contributed by atoms with E-state index in [1.54, 1.807) is 0 Å². The minimum atomic E-state index is -6.23. The SMILES string of the molecule is FC(C(F)(F)F)C(F)(F)OCC(F)(F)C(F)(F)C(F)F. The van der Waals surface area contributed by atoms with E-state index in [9.17, 15) is 52.7 Å². The van der Waals surface area contributed by atoms with Crippen LogP contribution in [0.15, 0.2) is 0 Å². The third kappa shape index (κ3) is 4.06. The summed E-state index contributed by atoms with van der Waals surface area (Å²) in [6, 6.07) is 0. The Hall–Kier alpha value is -0.880. The molecule has 0 heterocycles. The maximum atomic E-state index is 12.5. The average molecular weight is 332 g/mol. The Balaban J connectivity index is 4.93. The van der Waals surface area contributed by atoms with Gasteiger partial charge in [0.05, 0.1) is 0 Å². The Morgan fingerprint density at radius 2 is 1.15 bits per heavy atom. The highest BCUT2D eigenvalue weighted by atomic mass is 19.4. The van der Waals surface area contributed by atoms with Gasteiger partial charge in [-0.15, -0.1) is 0 Å². The predicted molar refractivity (Wildman–Crippen MR) is 37.7 cm³/mol. The van der Waals surface area contributed by atoms with Crippen LogP contribution in [-0.4, -0.2) is 43.3 Å². The van der Waals surface area contributed by atoms with Crippen molar-refractivity contribution < 1.29 is 57.4 Å². The molecule has 0 saturated heterocycles. The van der Waals surface area contributed by atoms with Gasteiger partial charge in [0.2, 0.25) is 0 Å². The van der Waals surface area contributed by atoms with Gasteiger partial charge in [-0.05, 0) is 0 Å². The van der Waals surface area contributed by atoms with Gasteiger partial charge in [-0.3, -0.25) is 0 Å². The Kier molecular flexibility index (Phi) is 5.24. The van der Waals surface area contributed by atoms with E-state index in [-0.39, 0.29) is 0 Å². The minimum Gasteiger partial charge on any atom is -0.311 e. The van der Waals surface area contributed by atoms with Crippen molar-refractivity contribution in [2.24, 2.45) is 0 Å². The molecule has 0 rings (SSSR count). The van der Waals surface area contributed by atoms with E-state index in [0.717, 1.165) is 0 Å². The van der Waals surface area contributed by atoms with Gasteiger partial charge in [-0.25, -0.2) is 13.2 Å². The van der Waals surface area contributed by atoms with Crippen molar-refractivity contribution in [3.63, 3.8) is 0 Å². The topological polar surface area (TPSA) is 9.23 Å². The van der Waals surface area contributed by atoms with Crippen LogP contribution < -0.4 is 0 Å². The third-order valence-corrected chi connectivity index (χ3v) is 1.79. The molecule has 0 aliphatic rings. The fraction of sp³-hybridized carbons (Fsp3) is 1.00. The zero-order valence-corrected chi connectivity index (χ0v) is 8.81. The molecule has 0 aliphatic heterocycles. The van der Waals surface area contributed by atoms with Crippen LogP contribution in [0.4, 0.5) is 52.7 Å². The fourth-order valence-electron chi connectivity index (χ4n) is 0.706. The molecule has 0 aromatic carbocycles. The second kappa shape index (κ2) is 5.48. The van der Waals surface area contributed by atoms with Crippen molar-refractivity contribution in [3.8, 4) is 0 Å². The number of hydrogen-bond donors (Lipinski definition) is 0. The second-order valence-electron chi connectivity index (χ2n) is 3.38. The first kappa shape index (κ1) is 19.1. The molecule has 20 heavy (non-hydrogen) atoms. The monoisotopic (exact) mass is 332 g/mol. The van der Waals surface area contributed by atoms with E-state index in [0.29, 0.717) is 0 Å². The summed E-state index contributed by atoms with van der Waals surface area (Å²) in [7, 11) is 0. The van der Waals surface area contributed by atoms with Crippen LogP contribution in [0.25, 0.3) is 0 Å². The van der Waals surface area contributed by atoms with Crippen molar-refractivity contribution in [3.05, 3.63) is 0 Å². The molecule has 0 saturated carbocycles. The summed E-state index contributed by atoms with van der Waals surface area (Å²) < 4.78 is 146. The van der Waals surface area contributed by atoms with Crippen LogP contribution in [0.5, 0.6) is 0 Å². The lowest BCUT2D eigenvalue weighted by atomic mass is 10.2. The van der Waals surface area contributed by atoms with Crippen LogP contribution in [0.1, 0.15) is 0 Å². The standard InChI is InChI=1S/C7H4F12O/c8-2(6(15,16)17)7(18,19)20-1-4(11,12)5(13,14)3(9)10/h2-3H,1H2. The van der Waals surface area contributed by atoms with Gasteiger partial charge in [0.25, 0.3) is 6.17 Å². The molecule has 0 fully saturated rings. The van der Waals surface area contributed by atoms with E-state index in [2.05, 4.69) is 4.74 Å². The highest BCUT2D eigenvalue weighted by molar-refractivity contribution is 4.88. The minimum absolute atomic E-state index is 2.43. The first-order chi connectivity index (χ1) is 8.56. The summed E-state index contributed by atoms with van der Waals surface area (Å²) in [6.45, 7) is -3.24.